The molecule has 0 saturated carbocycles. The Kier molecular flexibility index (Phi) is 4.44. The van der Waals surface area contributed by atoms with E-state index in [4.69, 9.17) is 9.47 Å². The van der Waals surface area contributed by atoms with Crippen LogP contribution in [-0.2, 0) is 22.4 Å². The average molecular weight is 305 g/mol. The predicted octanol–water partition coefficient (Wildman–Crippen LogP) is 2.65. The van der Waals surface area contributed by atoms with Gasteiger partial charge >= 0.3 is 6.09 Å². The van der Waals surface area contributed by atoms with Crippen molar-refractivity contribution in [2.24, 2.45) is 0 Å². The number of fused-ring (bicyclic) bond motifs is 1. The Balaban J connectivity index is 2.22. The van der Waals surface area contributed by atoms with Gasteiger partial charge in [0.1, 0.15) is 23.2 Å². The van der Waals surface area contributed by atoms with E-state index in [1.165, 1.54) is 0 Å². The van der Waals surface area contributed by atoms with Crippen LogP contribution in [0.2, 0.25) is 0 Å². The van der Waals surface area contributed by atoms with E-state index in [-0.39, 0.29) is 0 Å². The lowest BCUT2D eigenvalue weighted by Gasteiger charge is -2.35. The van der Waals surface area contributed by atoms with Crippen LogP contribution in [0.1, 0.15) is 38.3 Å². The molecular formula is C17H23NO4. The molecule has 1 aromatic rings. The van der Waals surface area contributed by atoms with Crippen LogP contribution in [0.5, 0.6) is 5.75 Å². The molecular weight excluding hydrogens is 282 g/mol. The summed E-state index contributed by atoms with van der Waals surface area (Å²) in [5, 5.41) is 2.75. The molecule has 5 nitrogen and oxygen atoms in total. The minimum absolute atomic E-state index is 0.412. The quantitative estimate of drug-likeness (QED) is 0.872. The largest absolute Gasteiger partial charge is 0.496 e. The van der Waals surface area contributed by atoms with Crippen LogP contribution in [0.3, 0.4) is 0 Å². The first-order chi connectivity index (χ1) is 10.3. The van der Waals surface area contributed by atoms with Gasteiger partial charge in [-0.15, -0.1) is 0 Å². The lowest BCUT2D eigenvalue weighted by Crippen LogP contribution is -2.54. The number of aryl methyl sites for hydroxylation is 1. The van der Waals surface area contributed by atoms with Gasteiger partial charge < -0.3 is 19.6 Å². The molecule has 5 heteroatoms. The summed E-state index contributed by atoms with van der Waals surface area (Å²) in [5.74, 6) is 0.745. The van der Waals surface area contributed by atoms with Crippen LogP contribution in [0, 0.1) is 0 Å². The molecule has 0 radical (unpaired) electrons. The fourth-order valence-electron chi connectivity index (χ4n) is 2.74. The first-order valence-corrected chi connectivity index (χ1v) is 7.41. The van der Waals surface area contributed by atoms with Crippen LogP contribution in [0.15, 0.2) is 18.2 Å². The molecule has 0 aromatic heterocycles. The molecule has 0 bridgehead atoms. The second-order valence-electron chi connectivity index (χ2n) is 6.68. The van der Waals surface area contributed by atoms with Crippen LogP contribution in [0.4, 0.5) is 4.79 Å². The van der Waals surface area contributed by atoms with E-state index in [1.54, 1.807) is 27.9 Å². The zero-order valence-corrected chi connectivity index (χ0v) is 13.6. The van der Waals surface area contributed by atoms with Gasteiger partial charge in [-0.05, 0) is 45.2 Å². The highest BCUT2D eigenvalue weighted by atomic mass is 16.6. The molecule has 1 atom stereocenters. The highest BCUT2D eigenvalue weighted by Gasteiger charge is 2.38. The maximum absolute atomic E-state index is 12.0. The number of benzene rings is 1. The molecule has 1 unspecified atom stereocenters. The number of amides is 1. The Bertz CT molecular complexity index is 562. The summed E-state index contributed by atoms with van der Waals surface area (Å²) in [6, 6.07) is 5.83. The monoisotopic (exact) mass is 305 g/mol. The highest BCUT2D eigenvalue weighted by molar-refractivity contribution is 5.78. The third-order valence-electron chi connectivity index (χ3n) is 3.76. The van der Waals surface area contributed by atoms with Crippen molar-refractivity contribution in [2.75, 3.05) is 7.11 Å². The maximum Gasteiger partial charge on any atom is 0.408 e. The van der Waals surface area contributed by atoms with E-state index in [1.807, 2.05) is 18.2 Å². The minimum atomic E-state index is -0.941. The van der Waals surface area contributed by atoms with E-state index in [9.17, 15) is 9.59 Å². The van der Waals surface area contributed by atoms with Crippen molar-refractivity contribution in [1.82, 2.24) is 5.32 Å². The van der Waals surface area contributed by atoms with Crippen LogP contribution < -0.4 is 10.1 Å². The lowest BCUT2D eigenvalue weighted by atomic mass is 9.78. The third-order valence-corrected chi connectivity index (χ3v) is 3.76. The Hall–Kier alpha value is -2.04. The van der Waals surface area contributed by atoms with Gasteiger partial charge in [-0.25, -0.2) is 4.79 Å². The van der Waals surface area contributed by atoms with E-state index >= 15 is 0 Å². The van der Waals surface area contributed by atoms with Crippen molar-refractivity contribution in [2.45, 2.75) is 51.2 Å². The summed E-state index contributed by atoms with van der Waals surface area (Å²) >= 11 is 0. The third kappa shape index (κ3) is 3.59. The number of alkyl carbamates (subject to hydrolysis) is 1. The number of hydrogen-bond donors (Lipinski definition) is 1. The van der Waals surface area contributed by atoms with Gasteiger partial charge in [0, 0.05) is 12.0 Å². The number of aldehydes is 1. The normalized spacial score (nSPS) is 20.7. The zero-order valence-electron chi connectivity index (χ0n) is 13.6. The van der Waals surface area contributed by atoms with E-state index < -0.39 is 17.2 Å². The van der Waals surface area contributed by atoms with Gasteiger partial charge in [-0.1, -0.05) is 12.1 Å². The summed E-state index contributed by atoms with van der Waals surface area (Å²) in [6.45, 7) is 5.37. The molecule has 22 heavy (non-hydrogen) atoms. The topological polar surface area (TPSA) is 64.6 Å². The first kappa shape index (κ1) is 16.3. The number of methoxy groups -OCH3 is 1. The number of hydrogen-bond acceptors (Lipinski definition) is 4. The Morgan fingerprint density at radius 1 is 1.36 bits per heavy atom. The summed E-state index contributed by atoms with van der Waals surface area (Å²) in [7, 11) is 1.61. The molecule has 1 aliphatic rings. The van der Waals surface area contributed by atoms with Gasteiger partial charge in [0.2, 0.25) is 0 Å². The lowest BCUT2D eigenvalue weighted by molar-refractivity contribution is -0.113. The van der Waals surface area contributed by atoms with Gasteiger partial charge in [-0.2, -0.15) is 0 Å². The smallest absolute Gasteiger partial charge is 0.408 e. The summed E-state index contributed by atoms with van der Waals surface area (Å²) in [6.07, 6.45) is 1.91. The number of nitrogens with one attached hydrogen (secondary N) is 1. The standard InChI is InChI=1S/C17H23NO4/c1-16(2,3)22-15(20)18-17(11-19)9-8-12-6-5-7-14(21-4)13(12)10-17/h5-7,11H,8-10H2,1-4H3,(H,18,20). The fraction of sp³-hybridized carbons (Fsp3) is 0.529. The molecule has 0 fully saturated rings. The average Bonchev–Trinajstić information content (AvgIpc) is 2.44. The minimum Gasteiger partial charge on any atom is -0.496 e. The molecule has 2 rings (SSSR count). The van der Waals surface area contributed by atoms with Crippen molar-refractivity contribution >= 4 is 12.4 Å². The summed E-state index contributed by atoms with van der Waals surface area (Å²) in [5.41, 5.74) is 0.588. The maximum atomic E-state index is 12.0. The van der Waals surface area contributed by atoms with Crippen molar-refractivity contribution < 1.29 is 19.1 Å². The number of rotatable bonds is 3. The molecule has 1 aliphatic carbocycles. The van der Waals surface area contributed by atoms with Gasteiger partial charge in [0.25, 0.3) is 0 Å². The fourth-order valence-corrected chi connectivity index (χ4v) is 2.74. The summed E-state index contributed by atoms with van der Waals surface area (Å²) < 4.78 is 10.6. The molecule has 120 valence electrons. The second kappa shape index (κ2) is 5.99. The molecule has 1 N–H and O–H groups in total. The second-order valence-corrected chi connectivity index (χ2v) is 6.68. The van der Waals surface area contributed by atoms with Crippen molar-refractivity contribution in [3.8, 4) is 5.75 Å². The number of carbonyl (C=O) groups is 2. The molecule has 0 heterocycles. The highest BCUT2D eigenvalue weighted by Crippen LogP contribution is 2.33. The Morgan fingerprint density at radius 3 is 2.68 bits per heavy atom. The van der Waals surface area contributed by atoms with E-state index in [2.05, 4.69) is 5.32 Å². The molecule has 0 saturated heterocycles. The van der Waals surface area contributed by atoms with Gasteiger partial charge in [0.15, 0.2) is 0 Å². The van der Waals surface area contributed by atoms with Crippen LogP contribution in [0.25, 0.3) is 0 Å². The summed E-state index contributed by atoms with van der Waals surface area (Å²) in [4.78, 5) is 23.7. The molecule has 0 spiro atoms. The van der Waals surface area contributed by atoms with Crippen molar-refractivity contribution in [3.63, 3.8) is 0 Å². The molecule has 1 amide bonds. The Morgan fingerprint density at radius 2 is 2.09 bits per heavy atom. The van der Waals surface area contributed by atoms with Crippen molar-refractivity contribution in [3.05, 3.63) is 29.3 Å². The molecule has 1 aromatic carbocycles. The SMILES string of the molecule is COc1cccc2c1CC(C=O)(NC(=O)OC(C)(C)C)CC2. The van der Waals surface area contributed by atoms with E-state index in [0.29, 0.717) is 19.3 Å². The first-order valence-electron chi connectivity index (χ1n) is 7.41. The predicted molar refractivity (Wildman–Crippen MR) is 83.2 cm³/mol. The zero-order chi connectivity index (χ0) is 16.4. The van der Waals surface area contributed by atoms with E-state index in [0.717, 1.165) is 23.2 Å². The van der Waals surface area contributed by atoms with Crippen LogP contribution >= 0.6 is 0 Å². The Labute approximate surface area is 131 Å². The molecule has 0 aliphatic heterocycles. The van der Waals surface area contributed by atoms with Gasteiger partial charge in [-0.3, -0.25) is 0 Å². The number of ether oxygens (including phenoxy) is 2. The van der Waals surface area contributed by atoms with Crippen LogP contribution in [-0.4, -0.2) is 30.6 Å². The van der Waals surface area contributed by atoms with Gasteiger partial charge in [0.05, 0.1) is 7.11 Å². The number of carbonyl (C=O) groups excluding carboxylic acids is 2. The van der Waals surface area contributed by atoms with Crippen molar-refractivity contribution in [1.29, 1.82) is 0 Å².